The highest BCUT2D eigenvalue weighted by molar-refractivity contribution is 5.83. The second-order valence-corrected chi connectivity index (χ2v) is 13.7. The number of fused-ring (bicyclic) bond motifs is 3. The van der Waals surface area contributed by atoms with Gasteiger partial charge in [-0.2, -0.15) is 0 Å². The van der Waals surface area contributed by atoms with Crippen LogP contribution in [0.25, 0.3) is 11.1 Å². The van der Waals surface area contributed by atoms with E-state index in [-0.39, 0.29) is 44.4 Å². The van der Waals surface area contributed by atoms with E-state index in [1.54, 1.807) is 41.5 Å². The molecule has 1 atom stereocenters. The zero-order valence-electron chi connectivity index (χ0n) is 30.1. The van der Waals surface area contributed by atoms with Gasteiger partial charge >= 0.3 is 18.2 Å². The molecule has 13 heteroatoms. The zero-order chi connectivity index (χ0) is 36.6. The molecule has 0 bridgehead atoms. The number of carbonyl (C=O) groups excluding carboxylic acids is 4. The number of esters is 1. The van der Waals surface area contributed by atoms with Crippen LogP contribution in [0.5, 0.6) is 0 Å². The summed E-state index contributed by atoms with van der Waals surface area (Å²) < 4.78 is 32.6. The van der Waals surface area contributed by atoms with Crippen molar-refractivity contribution in [3.63, 3.8) is 0 Å². The van der Waals surface area contributed by atoms with Gasteiger partial charge in [0, 0.05) is 25.4 Å². The summed E-state index contributed by atoms with van der Waals surface area (Å²) in [6.45, 7) is 13.3. The van der Waals surface area contributed by atoms with Crippen LogP contribution in [-0.4, -0.2) is 101 Å². The number of nitrogens with one attached hydrogen (secondary N) is 3. The summed E-state index contributed by atoms with van der Waals surface area (Å²) in [6, 6.07) is 15.0. The summed E-state index contributed by atoms with van der Waals surface area (Å²) in [7, 11) is 0. The van der Waals surface area contributed by atoms with Gasteiger partial charge in [-0.1, -0.05) is 48.5 Å². The first kappa shape index (κ1) is 40.2. The molecule has 0 radical (unpaired) electrons. The van der Waals surface area contributed by atoms with Gasteiger partial charge in [0.15, 0.2) is 0 Å². The molecule has 0 spiro atoms. The molecule has 0 saturated carbocycles. The molecule has 0 saturated heterocycles. The van der Waals surface area contributed by atoms with Gasteiger partial charge in [0.2, 0.25) is 5.91 Å². The molecule has 3 rings (SSSR count). The number of amides is 3. The third kappa shape index (κ3) is 14.7. The molecule has 0 aliphatic heterocycles. The van der Waals surface area contributed by atoms with Gasteiger partial charge in [0.05, 0.1) is 39.6 Å². The lowest BCUT2D eigenvalue weighted by Gasteiger charge is -2.24. The Hall–Kier alpha value is -4.20. The predicted molar refractivity (Wildman–Crippen MR) is 187 cm³/mol. The number of hydrogen-bond acceptors (Lipinski definition) is 10. The third-order valence-electron chi connectivity index (χ3n) is 7.21. The van der Waals surface area contributed by atoms with Gasteiger partial charge in [-0.15, -0.1) is 0 Å². The number of rotatable bonds is 19. The fraction of sp³-hybridized carbons (Fsp3) is 0.568. The smallest absolute Gasteiger partial charge is 0.407 e. The summed E-state index contributed by atoms with van der Waals surface area (Å²) in [5, 5.41) is 7.97. The van der Waals surface area contributed by atoms with E-state index in [9.17, 15) is 19.2 Å². The number of ether oxygens (including phenoxy) is 6. The van der Waals surface area contributed by atoms with Crippen molar-refractivity contribution in [1.29, 1.82) is 0 Å². The Labute approximate surface area is 295 Å². The molecule has 50 heavy (non-hydrogen) atoms. The maximum Gasteiger partial charge on any atom is 0.407 e. The van der Waals surface area contributed by atoms with Crippen LogP contribution in [0.1, 0.15) is 71.4 Å². The maximum absolute atomic E-state index is 12.9. The van der Waals surface area contributed by atoms with Crippen LogP contribution >= 0.6 is 0 Å². The molecule has 0 unspecified atom stereocenters. The highest BCUT2D eigenvalue weighted by Crippen LogP contribution is 2.44. The number of alkyl carbamates (subject to hydrolysis) is 2. The van der Waals surface area contributed by atoms with Crippen LogP contribution < -0.4 is 16.0 Å². The van der Waals surface area contributed by atoms with E-state index in [0.717, 1.165) is 22.3 Å². The predicted octanol–water partition coefficient (Wildman–Crippen LogP) is 4.71. The molecule has 1 aliphatic rings. The van der Waals surface area contributed by atoms with Gasteiger partial charge < -0.3 is 44.4 Å². The third-order valence-corrected chi connectivity index (χ3v) is 7.21. The molecule has 2 aromatic rings. The first-order valence-corrected chi connectivity index (χ1v) is 17.0. The Morgan fingerprint density at radius 3 is 1.70 bits per heavy atom. The summed E-state index contributed by atoms with van der Waals surface area (Å²) in [5.74, 6) is -1.08. The van der Waals surface area contributed by atoms with E-state index < -0.39 is 35.4 Å². The summed E-state index contributed by atoms with van der Waals surface area (Å²) in [4.78, 5) is 49.9. The summed E-state index contributed by atoms with van der Waals surface area (Å²) in [5.41, 5.74) is 3.04. The van der Waals surface area contributed by atoms with Gasteiger partial charge in [-0.05, 0) is 70.2 Å². The average molecular weight is 700 g/mol. The lowest BCUT2D eigenvalue weighted by atomic mass is 9.98. The minimum absolute atomic E-state index is 0.0238. The zero-order valence-corrected chi connectivity index (χ0v) is 30.1. The SMILES string of the molecule is CC(C)(C)OC(=O)NCCOCCOCCOCCNC(=O)CC[C@H](NC(=O)OCC1c2ccccc2-c2ccccc21)C(=O)OC(C)(C)C. The second-order valence-electron chi connectivity index (χ2n) is 13.7. The van der Waals surface area contributed by atoms with Crippen molar-refractivity contribution in [2.75, 3.05) is 59.3 Å². The van der Waals surface area contributed by atoms with Crippen molar-refractivity contribution in [3.8, 4) is 11.1 Å². The molecule has 13 nitrogen and oxygen atoms in total. The van der Waals surface area contributed by atoms with Gasteiger partial charge in [-0.25, -0.2) is 14.4 Å². The van der Waals surface area contributed by atoms with Crippen molar-refractivity contribution < 1.29 is 47.6 Å². The Morgan fingerprint density at radius 2 is 1.16 bits per heavy atom. The average Bonchev–Trinajstić information content (AvgIpc) is 3.36. The fourth-order valence-corrected chi connectivity index (χ4v) is 5.11. The molecule has 2 aromatic carbocycles. The highest BCUT2D eigenvalue weighted by Gasteiger charge is 2.31. The van der Waals surface area contributed by atoms with Crippen molar-refractivity contribution in [2.24, 2.45) is 0 Å². The highest BCUT2D eigenvalue weighted by atomic mass is 16.6. The Morgan fingerprint density at radius 1 is 0.660 bits per heavy atom. The van der Waals surface area contributed by atoms with E-state index in [1.165, 1.54) is 0 Å². The first-order chi connectivity index (χ1) is 23.7. The minimum Gasteiger partial charge on any atom is -0.458 e. The fourth-order valence-electron chi connectivity index (χ4n) is 5.11. The van der Waals surface area contributed by atoms with Crippen LogP contribution in [-0.2, 0) is 38.0 Å². The lowest BCUT2D eigenvalue weighted by Crippen LogP contribution is -2.45. The normalized spacial score (nSPS) is 13.1. The molecule has 0 heterocycles. The molecule has 0 fully saturated rings. The van der Waals surface area contributed by atoms with Crippen LogP contribution in [0.3, 0.4) is 0 Å². The molecular weight excluding hydrogens is 646 g/mol. The molecule has 3 amide bonds. The lowest BCUT2D eigenvalue weighted by molar-refractivity contribution is -0.157. The van der Waals surface area contributed by atoms with Gasteiger partial charge in [-0.3, -0.25) is 4.79 Å². The van der Waals surface area contributed by atoms with Crippen LogP contribution in [0.2, 0.25) is 0 Å². The molecule has 276 valence electrons. The maximum atomic E-state index is 12.9. The van der Waals surface area contributed by atoms with Crippen molar-refractivity contribution in [2.45, 2.75) is 77.5 Å². The monoisotopic (exact) mass is 699 g/mol. The summed E-state index contributed by atoms with van der Waals surface area (Å²) in [6.07, 6.45) is -1.25. The van der Waals surface area contributed by atoms with Crippen LogP contribution in [0.4, 0.5) is 9.59 Å². The second kappa shape index (κ2) is 19.9. The molecule has 0 aromatic heterocycles. The van der Waals surface area contributed by atoms with Crippen LogP contribution in [0, 0.1) is 0 Å². The largest absolute Gasteiger partial charge is 0.458 e. The number of hydrogen-bond donors (Lipinski definition) is 3. The van der Waals surface area contributed by atoms with E-state index in [1.807, 2.05) is 36.4 Å². The Bertz CT molecular complexity index is 1360. The van der Waals surface area contributed by atoms with Crippen molar-refractivity contribution in [1.82, 2.24) is 16.0 Å². The first-order valence-electron chi connectivity index (χ1n) is 17.0. The minimum atomic E-state index is -1.07. The van der Waals surface area contributed by atoms with E-state index in [4.69, 9.17) is 28.4 Å². The number of carbonyl (C=O) groups is 4. The van der Waals surface area contributed by atoms with E-state index in [0.29, 0.717) is 39.6 Å². The van der Waals surface area contributed by atoms with Gasteiger partial charge in [0.25, 0.3) is 0 Å². The van der Waals surface area contributed by atoms with Gasteiger partial charge in [0.1, 0.15) is 23.9 Å². The molecular formula is C37H53N3O10. The standard InChI is InChI=1S/C37H53N3O10/c1-36(2,3)49-33(42)31(40-35(44)48-25-30-28-13-9-7-11-26(28)27-12-8-10-14-29(27)30)15-16-32(41)38-17-19-45-21-23-47-24-22-46-20-18-39-34(43)50-37(4,5)6/h7-14,30-31H,15-25H2,1-6H3,(H,38,41)(H,39,43)(H,40,44)/t31-/m0/s1. The van der Waals surface area contributed by atoms with E-state index >= 15 is 0 Å². The molecule has 3 N–H and O–H groups in total. The number of benzene rings is 2. The quantitative estimate of drug-likeness (QED) is 0.107. The van der Waals surface area contributed by atoms with E-state index in [2.05, 4.69) is 28.1 Å². The topological polar surface area (TPSA) is 160 Å². The van der Waals surface area contributed by atoms with Crippen molar-refractivity contribution >= 4 is 24.1 Å². The van der Waals surface area contributed by atoms with Crippen LogP contribution in [0.15, 0.2) is 48.5 Å². The summed E-state index contributed by atoms with van der Waals surface area (Å²) >= 11 is 0. The Balaban J connectivity index is 1.30. The Kier molecular flexibility index (Phi) is 16.0. The molecule has 1 aliphatic carbocycles. The van der Waals surface area contributed by atoms with Crippen molar-refractivity contribution in [3.05, 3.63) is 59.7 Å².